The van der Waals surface area contributed by atoms with E-state index in [0.29, 0.717) is 30.4 Å². The number of carbonyl (C=O) groups excluding carboxylic acids is 1. The monoisotopic (exact) mass is 537 g/mol. The number of amides is 1. The number of pyridine rings is 1. The number of thioether (sulfide) groups is 1. The molecule has 1 aliphatic heterocycles. The van der Waals surface area contributed by atoms with Gasteiger partial charge in [0.2, 0.25) is 15.9 Å². The number of carbonyl (C=O) groups is 1. The number of rotatable bonds is 7. The van der Waals surface area contributed by atoms with Gasteiger partial charge in [-0.1, -0.05) is 30.3 Å². The maximum absolute atomic E-state index is 13.2. The van der Waals surface area contributed by atoms with Gasteiger partial charge in [0, 0.05) is 24.2 Å². The summed E-state index contributed by atoms with van der Waals surface area (Å²) in [6, 6.07) is 12.7. The molecular formula is C27H31N5O3S2. The molecule has 1 amide bonds. The fourth-order valence-corrected chi connectivity index (χ4v) is 7.43. The first-order valence-corrected chi connectivity index (χ1v) is 14.8. The molecule has 10 heteroatoms. The van der Waals surface area contributed by atoms with Gasteiger partial charge in [0.15, 0.2) is 10.8 Å². The van der Waals surface area contributed by atoms with Crippen LogP contribution in [-0.4, -0.2) is 51.6 Å². The molecule has 1 saturated heterocycles. The first-order valence-electron chi connectivity index (χ1n) is 12.5. The molecular weight excluding hydrogens is 506 g/mol. The molecule has 4 aromatic rings. The van der Waals surface area contributed by atoms with Crippen molar-refractivity contribution in [3.63, 3.8) is 0 Å². The molecule has 0 radical (unpaired) electrons. The summed E-state index contributed by atoms with van der Waals surface area (Å²) in [5.41, 5.74) is 5.83. The Labute approximate surface area is 221 Å². The van der Waals surface area contributed by atoms with E-state index in [4.69, 9.17) is 0 Å². The van der Waals surface area contributed by atoms with Crippen molar-refractivity contribution in [3.05, 3.63) is 59.2 Å². The maximum atomic E-state index is 13.2. The van der Waals surface area contributed by atoms with Gasteiger partial charge in [-0.2, -0.15) is 4.31 Å². The second kappa shape index (κ2) is 10.1. The van der Waals surface area contributed by atoms with E-state index in [1.165, 1.54) is 21.6 Å². The molecule has 1 unspecified atom stereocenters. The third-order valence-electron chi connectivity index (χ3n) is 6.83. The lowest BCUT2D eigenvalue weighted by atomic mass is 10.0. The van der Waals surface area contributed by atoms with Crippen LogP contribution in [0.2, 0.25) is 0 Å². The lowest BCUT2D eigenvalue weighted by Gasteiger charge is -2.17. The summed E-state index contributed by atoms with van der Waals surface area (Å²) in [7, 11) is -3.49. The Hall–Kier alpha value is -2.95. The predicted molar refractivity (Wildman–Crippen MR) is 148 cm³/mol. The molecule has 1 fully saturated rings. The predicted octanol–water partition coefficient (Wildman–Crippen LogP) is 5.10. The zero-order valence-electron chi connectivity index (χ0n) is 21.5. The van der Waals surface area contributed by atoms with Crippen LogP contribution in [0.1, 0.15) is 42.9 Å². The number of aryl methyl sites for hydroxylation is 3. The molecule has 0 saturated carbocycles. The van der Waals surface area contributed by atoms with E-state index in [1.807, 2.05) is 17.4 Å². The lowest BCUT2D eigenvalue weighted by molar-refractivity contribution is -0.115. The minimum absolute atomic E-state index is 0.164. The fourth-order valence-electron chi connectivity index (χ4n) is 4.95. The number of aromatic nitrogens is 3. The number of benzene rings is 2. The van der Waals surface area contributed by atoms with E-state index in [-0.39, 0.29) is 10.8 Å². The number of hydrogen-bond acceptors (Lipinski definition) is 6. The summed E-state index contributed by atoms with van der Waals surface area (Å²) < 4.78 is 29.1. The molecule has 3 heterocycles. The van der Waals surface area contributed by atoms with Gasteiger partial charge in [-0.3, -0.25) is 9.20 Å². The van der Waals surface area contributed by atoms with Gasteiger partial charge < -0.3 is 5.32 Å². The van der Waals surface area contributed by atoms with Gasteiger partial charge in [0.05, 0.1) is 15.7 Å². The summed E-state index contributed by atoms with van der Waals surface area (Å²) in [6.45, 7) is 9.32. The van der Waals surface area contributed by atoms with Crippen molar-refractivity contribution in [1.29, 1.82) is 0 Å². The minimum Gasteiger partial charge on any atom is -0.325 e. The largest absolute Gasteiger partial charge is 0.325 e. The Morgan fingerprint density at radius 1 is 1.03 bits per heavy atom. The Balaban J connectivity index is 1.38. The highest BCUT2D eigenvalue weighted by atomic mass is 32.2. The van der Waals surface area contributed by atoms with Crippen LogP contribution in [0.3, 0.4) is 0 Å². The summed E-state index contributed by atoms with van der Waals surface area (Å²) in [4.78, 5) is 13.5. The second-order valence-electron chi connectivity index (χ2n) is 9.62. The number of hydrogen-bond donors (Lipinski definition) is 1. The number of anilines is 1. The van der Waals surface area contributed by atoms with E-state index in [1.54, 1.807) is 24.3 Å². The van der Waals surface area contributed by atoms with Gasteiger partial charge in [0.1, 0.15) is 0 Å². The van der Waals surface area contributed by atoms with Crippen LogP contribution in [-0.2, 0) is 14.8 Å². The Morgan fingerprint density at radius 3 is 2.41 bits per heavy atom. The van der Waals surface area contributed by atoms with Crippen LogP contribution >= 0.6 is 11.8 Å². The Bertz CT molecular complexity index is 1590. The summed E-state index contributed by atoms with van der Waals surface area (Å²) in [5.74, 6) is -0.164. The summed E-state index contributed by atoms with van der Waals surface area (Å²) >= 11 is 1.38. The molecule has 2 aromatic carbocycles. The second-order valence-corrected chi connectivity index (χ2v) is 12.7. The topological polar surface area (TPSA) is 96.7 Å². The van der Waals surface area contributed by atoms with Gasteiger partial charge in [-0.15, -0.1) is 10.2 Å². The number of fused-ring (bicyclic) bond motifs is 3. The molecule has 1 N–H and O–H groups in total. The van der Waals surface area contributed by atoms with Crippen LogP contribution in [0.4, 0.5) is 5.69 Å². The van der Waals surface area contributed by atoms with Crippen LogP contribution in [0, 0.1) is 20.8 Å². The summed E-state index contributed by atoms with van der Waals surface area (Å²) in [6.07, 6.45) is 2.37. The summed E-state index contributed by atoms with van der Waals surface area (Å²) in [5, 5.41) is 13.2. The highest BCUT2D eigenvalue weighted by Crippen LogP contribution is 2.32. The molecule has 8 nitrogen and oxygen atoms in total. The zero-order chi connectivity index (χ0) is 26.3. The van der Waals surface area contributed by atoms with Crippen molar-refractivity contribution in [1.82, 2.24) is 18.9 Å². The lowest BCUT2D eigenvalue weighted by Crippen LogP contribution is -2.28. The number of sulfonamides is 1. The van der Waals surface area contributed by atoms with E-state index in [0.717, 1.165) is 40.5 Å². The molecule has 1 atom stereocenters. The quantitative estimate of drug-likeness (QED) is 0.330. The van der Waals surface area contributed by atoms with Gasteiger partial charge in [-0.05, 0) is 87.6 Å². The van der Waals surface area contributed by atoms with Gasteiger partial charge >= 0.3 is 0 Å². The zero-order valence-corrected chi connectivity index (χ0v) is 23.1. The first-order chi connectivity index (χ1) is 17.7. The van der Waals surface area contributed by atoms with Crippen LogP contribution < -0.4 is 5.32 Å². The van der Waals surface area contributed by atoms with Gasteiger partial charge in [-0.25, -0.2) is 8.42 Å². The smallest absolute Gasteiger partial charge is 0.243 e. The first kappa shape index (κ1) is 25.7. The average molecular weight is 538 g/mol. The maximum Gasteiger partial charge on any atom is 0.243 e. The van der Waals surface area contributed by atoms with E-state index >= 15 is 0 Å². The standard InChI is InChI=1S/C27H31N5O3S2/c1-5-23(26(33)28-20-8-10-21(11-9-20)37(34,35)31-12-6-7-13-31)36-27-30-29-24-16-18(3)22-15-17(2)14-19(4)25(22)32(24)27/h8-11,14-16,23H,5-7,12-13H2,1-4H3,(H,28,33). The minimum atomic E-state index is -3.49. The molecule has 0 spiro atoms. The van der Waals surface area contributed by atoms with Gasteiger partial charge in [0.25, 0.3) is 0 Å². The van der Waals surface area contributed by atoms with E-state index in [2.05, 4.69) is 48.4 Å². The third-order valence-corrected chi connectivity index (χ3v) is 10.1. The molecule has 2 aromatic heterocycles. The number of nitrogens with one attached hydrogen (secondary N) is 1. The third kappa shape index (κ3) is 4.85. The van der Waals surface area contributed by atoms with E-state index < -0.39 is 15.3 Å². The molecule has 37 heavy (non-hydrogen) atoms. The SMILES string of the molecule is CCC(Sc1nnc2cc(C)c3cc(C)cc(C)c3n12)C(=O)Nc1ccc(S(=O)(=O)N2CCCC2)cc1. The van der Waals surface area contributed by atoms with Crippen molar-refractivity contribution in [2.75, 3.05) is 18.4 Å². The Morgan fingerprint density at radius 2 is 1.73 bits per heavy atom. The van der Waals surface area contributed by atoms with Crippen LogP contribution in [0.5, 0.6) is 0 Å². The van der Waals surface area contributed by atoms with Crippen molar-refractivity contribution in [3.8, 4) is 0 Å². The molecule has 0 bridgehead atoms. The van der Waals surface area contributed by atoms with Crippen LogP contribution in [0.25, 0.3) is 16.6 Å². The highest BCUT2D eigenvalue weighted by Gasteiger charge is 2.27. The van der Waals surface area contributed by atoms with Crippen molar-refractivity contribution < 1.29 is 13.2 Å². The normalized spacial score (nSPS) is 15.5. The van der Waals surface area contributed by atoms with Crippen LogP contribution in [0.15, 0.2) is 52.5 Å². The number of nitrogens with zero attached hydrogens (tertiary/aromatic N) is 4. The average Bonchev–Trinajstić information content (AvgIpc) is 3.54. The highest BCUT2D eigenvalue weighted by molar-refractivity contribution is 8.00. The van der Waals surface area contributed by atoms with Crippen molar-refractivity contribution >= 4 is 49.9 Å². The Kier molecular flexibility index (Phi) is 6.99. The van der Waals surface area contributed by atoms with E-state index in [9.17, 15) is 13.2 Å². The molecule has 5 rings (SSSR count). The molecule has 194 valence electrons. The fraction of sp³-hybridized carbons (Fsp3) is 0.370. The molecule has 0 aliphatic carbocycles. The molecule has 1 aliphatic rings. The van der Waals surface area contributed by atoms with Crippen molar-refractivity contribution in [2.24, 2.45) is 0 Å². The van der Waals surface area contributed by atoms with Crippen molar-refractivity contribution in [2.45, 2.75) is 62.3 Å².